The average molecular weight is 351 g/mol. The number of aromatic nitrogens is 2. The number of nitrogens with zero attached hydrogens (tertiary/aromatic N) is 3. The first-order chi connectivity index (χ1) is 11.8. The minimum Gasteiger partial charge on any atom is -0.472 e. The second kappa shape index (κ2) is 6.70. The normalized spacial score (nSPS) is 17.6. The molecule has 0 N–H and O–H groups in total. The van der Waals surface area contributed by atoms with Crippen LogP contribution in [0.3, 0.4) is 0 Å². The van der Waals surface area contributed by atoms with Crippen LogP contribution in [-0.4, -0.2) is 40.0 Å². The highest BCUT2D eigenvalue weighted by Gasteiger charge is 2.33. The Morgan fingerprint density at radius 1 is 1.20 bits per heavy atom. The standard InChI is InChI=1S/C17H16F3N3O2/c1-11-2-5-15(22-8-11)25-13-6-7-23(10-13)16(24)12-3-4-14(21-9-12)17(18,19)20/h2-5,8-9,13H,6-7,10H2,1H3. The molecule has 3 heterocycles. The number of amides is 1. The van der Waals surface area contributed by atoms with Crippen molar-refractivity contribution in [2.75, 3.05) is 13.1 Å². The molecule has 0 aromatic carbocycles. The van der Waals surface area contributed by atoms with Gasteiger partial charge in [0.2, 0.25) is 5.88 Å². The highest BCUT2D eigenvalue weighted by Crippen LogP contribution is 2.27. The Labute approximate surface area is 142 Å². The fourth-order valence-corrected chi connectivity index (χ4v) is 2.57. The van der Waals surface area contributed by atoms with Gasteiger partial charge in [0, 0.05) is 31.4 Å². The molecule has 3 rings (SSSR count). The van der Waals surface area contributed by atoms with Gasteiger partial charge in [-0.2, -0.15) is 13.2 Å². The molecule has 0 aliphatic carbocycles. The number of pyridine rings is 2. The molecule has 132 valence electrons. The monoisotopic (exact) mass is 351 g/mol. The van der Waals surface area contributed by atoms with Gasteiger partial charge in [0.25, 0.3) is 5.91 Å². The second-order valence-corrected chi connectivity index (χ2v) is 5.88. The van der Waals surface area contributed by atoms with Gasteiger partial charge in [-0.3, -0.25) is 9.78 Å². The summed E-state index contributed by atoms with van der Waals surface area (Å²) in [5.41, 5.74) is 0.129. The Kier molecular flexibility index (Phi) is 4.61. The maximum absolute atomic E-state index is 12.5. The van der Waals surface area contributed by atoms with Gasteiger partial charge in [-0.25, -0.2) is 4.98 Å². The number of likely N-dealkylation sites (tertiary alicyclic amines) is 1. The summed E-state index contributed by atoms with van der Waals surface area (Å²) in [4.78, 5) is 21.4. The van der Waals surface area contributed by atoms with Gasteiger partial charge < -0.3 is 9.64 Å². The van der Waals surface area contributed by atoms with E-state index in [1.54, 1.807) is 17.2 Å². The summed E-state index contributed by atoms with van der Waals surface area (Å²) in [6.45, 7) is 2.75. The van der Waals surface area contributed by atoms with Crippen LogP contribution in [0.5, 0.6) is 5.88 Å². The van der Waals surface area contributed by atoms with E-state index in [-0.39, 0.29) is 17.6 Å². The molecular formula is C17H16F3N3O2. The largest absolute Gasteiger partial charge is 0.472 e. The van der Waals surface area contributed by atoms with Crippen molar-refractivity contribution in [2.45, 2.75) is 25.6 Å². The zero-order valence-corrected chi connectivity index (χ0v) is 13.5. The molecule has 0 radical (unpaired) electrons. The van der Waals surface area contributed by atoms with Crippen LogP contribution < -0.4 is 4.74 Å². The van der Waals surface area contributed by atoms with Crippen LogP contribution in [0.15, 0.2) is 36.7 Å². The molecule has 1 atom stereocenters. The summed E-state index contributed by atoms with van der Waals surface area (Å²) >= 11 is 0. The highest BCUT2D eigenvalue weighted by molar-refractivity contribution is 5.94. The van der Waals surface area contributed by atoms with Gasteiger partial charge in [-0.05, 0) is 24.6 Å². The maximum Gasteiger partial charge on any atom is 0.433 e. The summed E-state index contributed by atoms with van der Waals surface area (Å²) in [6.07, 6.45) is -1.42. The Bertz CT molecular complexity index is 745. The number of rotatable bonds is 3. The zero-order chi connectivity index (χ0) is 18.0. The molecule has 1 aliphatic heterocycles. The lowest BCUT2D eigenvalue weighted by Crippen LogP contribution is -2.31. The van der Waals surface area contributed by atoms with Crippen molar-refractivity contribution in [1.82, 2.24) is 14.9 Å². The van der Waals surface area contributed by atoms with Crippen LogP contribution >= 0.6 is 0 Å². The summed E-state index contributed by atoms with van der Waals surface area (Å²) in [6, 6.07) is 5.61. The number of ether oxygens (including phenoxy) is 1. The number of aryl methyl sites for hydroxylation is 1. The molecule has 25 heavy (non-hydrogen) atoms. The van der Waals surface area contributed by atoms with Crippen LogP contribution in [-0.2, 0) is 6.18 Å². The zero-order valence-electron chi connectivity index (χ0n) is 13.5. The first-order valence-corrected chi connectivity index (χ1v) is 7.75. The SMILES string of the molecule is Cc1ccc(OC2CCN(C(=O)c3ccc(C(F)(F)F)nc3)C2)nc1. The van der Waals surface area contributed by atoms with Crippen molar-refractivity contribution >= 4 is 5.91 Å². The number of carbonyl (C=O) groups is 1. The van der Waals surface area contributed by atoms with E-state index in [1.165, 1.54) is 0 Å². The van der Waals surface area contributed by atoms with Crippen molar-refractivity contribution in [3.63, 3.8) is 0 Å². The van der Waals surface area contributed by atoms with Crippen LogP contribution in [0.2, 0.25) is 0 Å². The highest BCUT2D eigenvalue weighted by atomic mass is 19.4. The first-order valence-electron chi connectivity index (χ1n) is 7.75. The molecule has 1 amide bonds. The number of halogens is 3. The molecule has 1 saturated heterocycles. The summed E-state index contributed by atoms with van der Waals surface area (Å²) in [5.74, 6) is 0.130. The molecule has 8 heteroatoms. The summed E-state index contributed by atoms with van der Waals surface area (Å²) in [5, 5.41) is 0. The Morgan fingerprint density at radius 3 is 2.60 bits per heavy atom. The molecule has 2 aromatic rings. The van der Waals surface area contributed by atoms with Gasteiger partial charge in [-0.1, -0.05) is 6.07 Å². The van der Waals surface area contributed by atoms with E-state index >= 15 is 0 Å². The number of alkyl halides is 3. The molecule has 0 saturated carbocycles. The van der Waals surface area contributed by atoms with E-state index in [1.807, 2.05) is 13.0 Å². The van der Waals surface area contributed by atoms with E-state index in [4.69, 9.17) is 4.74 Å². The molecule has 5 nitrogen and oxygen atoms in total. The Morgan fingerprint density at radius 2 is 2.00 bits per heavy atom. The third-order valence-electron chi connectivity index (χ3n) is 3.90. The minimum absolute atomic E-state index is 0.127. The Balaban J connectivity index is 1.61. The van der Waals surface area contributed by atoms with E-state index in [2.05, 4.69) is 9.97 Å². The first kappa shape index (κ1) is 17.2. The topological polar surface area (TPSA) is 55.3 Å². The number of hydrogen-bond donors (Lipinski definition) is 0. The fourth-order valence-electron chi connectivity index (χ4n) is 2.57. The smallest absolute Gasteiger partial charge is 0.433 e. The van der Waals surface area contributed by atoms with Crippen LogP contribution in [0.1, 0.15) is 28.0 Å². The van der Waals surface area contributed by atoms with E-state index < -0.39 is 11.9 Å². The fraction of sp³-hybridized carbons (Fsp3) is 0.353. The van der Waals surface area contributed by atoms with Crippen molar-refractivity contribution in [3.8, 4) is 5.88 Å². The molecule has 1 unspecified atom stereocenters. The molecule has 2 aromatic heterocycles. The van der Waals surface area contributed by atoms with Crippen molar-refractivity contribution in [2.24, 2.45) is 0 Å². The quantitative estimate of drug-likeness (QED) is 0.853. The lowest BCUT2D eigenvalue weighted by Gasteiger charge is -2.17. The second-order valence-electron chi connectivity index (χ2n) is 5.88. The van der Waals surface area contributed by atoms with Crippen LogP contribution in [0, 0.1) is 6.92 Å². The number of hydrogen-bond acceptors (Lipinski definition) is 4. The lowest BCUT2D eigenvalue weighted by molar-refractivity contribution is -0.141. The third kappa shape index (κ3) is 4.07. The van der Waals surface area contributed by atoms with E-state index in [0.717, 1.165) is 23.9 Å². The lowest BCUT2D eigenvalue weighted by atomic mass is 10.2. The van der Waals surface area contributed by atoms with E-state index in [0.29, 0.717) is 25.4 Å². The molecule has 0 bridgehead atoms. The van der Waals surface area contributed by atoms with Gasteiger partial charge in [0.15, 0.2) is 0 Å². The predicted octanol–water partition coefficient (Wildman–Crippen LogP) is 3.10. The number of carbonyl (C=O) groups excluding carboxylic acids is 1. The van der Waals surface area contributed by atoms with E-state index in [9.17, 15) is 18.0 Å². The van der Waals surface area contributed by atoms with Crippen molar-refractivity contribution in [1.29, 1.82) is 0 Å². The van der Waals surface area contributed by atoms with Crippen LogP contribution in [0.25, 0.3) is 0 Å². The van der Waals surface area contributed by atoms with Gasteiger partial charge in [0.05, 0.1) is 12.1 Å². The molecule has 1 aliphatic rings. The van der Waals surface area contributed by atoms with Gasteiger partial charge in [0.1, 0.15) is 11.8 Å². The van der Waals surface area contributed by atoms with Gasteiger partial charge >= 0.3 is 6.18 Å². The predicted molar refractivity (Wildman–Crippen MR) is 83.1 cm³/mol. The average Bonchev–Trinajstić information content (AvgIpc) is 3.04. The van der Waals surface area contributed by atoms with Gasteiger partial charge in [-0.15, -0.1) is 0 Å². The molecule has 0 spiro atoms. The minimum atomic E-state index is -4.52. The maximum atomic E-state index is 12.5. The van der Waals surface area contributed by atoms with Crippen molar-refractivity contribution < 1.29 is 22.7 Å². The molecule has 1 fully saturated rings. The third-order valence-corrected chi connectivity index (χ3v) is 3.90. The Hall–Kier alpha value is -2.64. The van der Waals surface area contributed by atoms with Crippen LogP contribution in [0.4, 0.5) is 13.2 Å². The van der Waals surface area contributed by atoms with Crippen molar-refractivity contribution in [3.05, 3.63) is 53.5 Å². The summed E-state index contributed by atoms with van der Waals surface area (Å²) < 4.78 is 43.3. The summed E-state index contributed by atoms with van der Waals surface area (Å²) in [7, 11) is 0. The molecular weight excluding hydrogens is 335 g/mol.